The first kappa shape index (κ1) is 21.1. The van der Waals surface area contributed by atoms with E-state index in [1.165, 1.54) is 31.3 Å². The summed E-state index contributed by atoms with van der Waals surface area (Å²) in [4.78, 5) is 12.0. The lowest BCUT2D eigenvalue weighted by molar-refractivity contribution is -0.116. The van der Waals surface area contributed by atoms with E-state index in [-0.39, 0.29) is 5.41 Å². The van der Waals surface area contributed by atoms with E-state index in [9.17, 15) is 4.79 Å². The molecule has 2 fully saturated rings. The molecule has 0 saturated heterocycles. The average molecular weight is 395 g/mol. The van der Waals surface area contributed by atoms with Crippen LogP contribution in [0.25, 0.3) is 0 Å². The van der Waals surface area contributed by atoms with Crippen LogP contribution >= 0.6 is 0 Å². The predicted molar refractivity (Wildman–Crippen MR) is 122 cm³/mol. The Morgan fingerprint density at radius 3 is 2.48 bits per heavy atom. The Balaban J connectivity index is 1.57. The van der Waals surface area contributed by atoms with E-state index in [1.807, 2.05) is 6.08 Å². The van der Waals surface area contributed by atoms with Gasteiger partial charge in [0.05, 0.1) is 0 Å². The van der Waals surface area contributed by atoms with Crippen molar-refractivity contribution in [2.24, 2.45) is 46.3 Å². The molecule has 29 heavy (non-hydrogen) atoms. The smallest absolute Gasteiger partial charge is 0.155 e. The van der Waals surface area contributed by atoms with Crippen molar-refractivity contribution in [2.75, 3.05) is 0 Å². The van der Waals surface area contributed by atoms with Crippen LogP contribution in [0.15, 0.2) is 35.5 Å². The number of hydrogen-bond acceptors (Lipinski definition) is 1. The minimum absolute atomic E-state index is 0.246. The molecule has 0 spiro atoms. The SMILES string of the molecule is CC(C)[C@@H](C)/C=C/[C@@H](C)C1CCC2C3=CCC4=CC(=O)CCC4(C)C3CCC21C. The summed E-state index contributed by atoms with van der Waals surface area (Å²) in [5.41, 5.74) is 3.91. The summed E-state index contributed by atoms with van der Waals surface area (Å²) in [6.45, 7) is 14.6. The van der Waals surface area contributed by atoms with Gasteiger partial charge in [-0.15, -0.1) is 0 Å². The maximum absolute atomic E-state index is 12.0. The van der Waals surface area contributed by atoms with Crippen LogP contribution in [0.3, 0.4) is 0 Å². The molecule has 4 aliphatic rings. The van der Waals surface area contributed by atoms with Crippen LogP contribution in [-0.4, -0.2) is 5.78 Å². The van der Waals surface area contributed by atoms with Crippen molar-refractivity contribution < 1.29 is 4.79 Å². The molecule has 0 radical (unpaired) electrons. The largest absolute Gasteiger partial charge is 0.295 e. The van der Waals surface area contributed by atoms with Crippen LogP contribution in [-0.2, 0) is 4.79 Å². The van der Waals surface area contributed by atoms with Crippen molar-refractivity contribution in [2.45, 2.75) is 86.5 Å². The van der Waals surface area contributed by atoms with Crippen molar-refractivity contribution in [3.8, 4) is 0 Å². The second kappa shape index (κ2) is 7.54. The number of carbonyl (C=O) groups excluding carboxylic acids is 1. The van der Waals surface area contributed by atoms with Gasteiger partial charge in [0.25, 0.3) is 0 Å². The Kier molecular flexibility index (Phi) is 5.50. The van der Waals surface area contributed by atoms with Gasteiger partial charge in [-0.25, -0.2) is 0 Å². The van der Waals surface area contributed by atoms with Gasteiger partial charge >= 0.3 is 0 Å². The van der Waals surface area contributed by atoms with Crippen LogP contribution in [0.4, 0.5) is 0 Å². The molecule has 0 aromatic heterocycles. The number of hydrogen-bond donors (Lipinski definition) is 0. The van der Waals surface area contributed by atoms with Gasteiger partial charge in [-0.3, -0.25) is 4.79 Å². The Morgan fingerprint density at radius 2 is 1.76 bits per heavy atom. The normalized spacial score (nSPS) is 41.5. The quantitative estimate of drug-likeness (QED) is 0.450. The van der Waals surface area contributed by atoms with Crippen LogP contribution in [0, 0.1) is 46.3 Å². The molecule has 0 amide bonds. The van der Waals surface area contributed by atoms with Crippen LogP contribution in [0.1, 0.15) is 86.5 Å². The number of carbonyl (C=O) groups is 1. The molecule has 4 aliphatic carbocycles. The van der Waals surface area contributed by atoms with E-state index in [0.29, 0.717) is 29.0 Å². The molecular weight excluding hydrogens is 352 g/mol. The van der Waals surface area contributed by atoms with Gasteiger partial charge in [-0.05, 0) is 90.9 Å². The molecule has 0 bridgehead atoms. The van der Waals surface area contributed by atoms with Gasteiger partial charge in [0.15, 0.2) is 5.78 Å². The monoisotopic (exact) mass is 394 g/mol. The van der Waals surface area contributed by atoms with Crippen LogP contribution < -0.4 is 0 Å². The van der Waals surface area contributed by atoms with Crippen molar-refractivity contribution in [3.05, 3.63) is 35.5 Å². The summed E-state index contributed by atoms with van der Waals surface area (Å²) >= 11 is 0. The third-order valence-corrected chi connectivity index (χ3v) is 9.88. The molecule has 0 aromatic rings. The first-order valence-electron chi connectivity index (χ1n) is 12.3. The summed E-state index contributed by atoms with van der Waals surface area (Å²) in [7, 11) is 0. The molecule has 4 rings (SSSR count). The molecule has 0 N–H and O–H groups in total. The lowest BCUT2D eigenvalue weighted by Gasteiger charge is -2.54. The first-order chi connectivity index (χ1) is 13.7. The van der Waals surface area contributed by atoms with Gasteiger partial charge in [-0.1, -0.05) is 70.9 Å². The van der Waals surface area contributed by atoms with E-state index >= 15 is 0 Å². The minimum Gasteiger partial charge on any atom is -0.295 e. The molecule has 5 unspecified atom stereocenters. The van der Waals surface area contributed by atoms with Crippen molar-refractivity contribution in [3.63, 3.8) is 0 Å². The van der Waals surface area contributed by atoms with E-state index in [1.54, 1.807) is 5.57 Å². The van der Waals surface area contributed by atoms with Gasteiger partial charge < -0.3 is 0 Å². The second-order valence-corrected chi connectivity index (χ2v) is 11.6. The minimum atomic E-state index is 0.246. The molecule has 1 heteroatoms. The Morgan fingerprint density at radius 1 is 1.00 bits per heavy atom. The zero-order valence-corrected chi connectivity index (χ0v) is 19.6. The second-order valence-electron chi connectivity index (χ2n) is 11.6. The standard InChI is InChI=1S/C28H42O/c1-18(2)19(3)7-8-20(4)24-11-12-25-23-10-9-21-17-22(29)13-15-27(21,5)26(23)14-16-28(24,25)6/h7-8,10,17-20,24-26H,9,11-16H2,1-6H3/b8-7+/t19-,20+,24?,25?,26?,27?,28?/m0/s1. The lowest BCUT2D eigenvalue weighted by Crippen LogP contribution is -2.46. The summed E-state index contributed by atoms with van der Waals surface area (Å²) in [6, 6.07) is 0. The molecule has 0 aliphatic heterocycles. The molecule has 2 saturated carbocycles. The summed E-state index contributed by atoms with van der Waals surface area (Å²) in [5.74, 6) is 4.66. The zero-order valence-electron chi connectivity index (χ0n) is 19.6. The zero-order chi connectivity index (χ0) is 21.0. The molecule has 1 nitrogen and oxygen atoms in total. The maximum Gasteiger partial charge on any atom is 0.155 e. The topological polar surface area (TPSA) is 17.1 Å². The highest BCUT2D eigenvalue weighted by Gasteiger charge is 2.56. The highest BCUT2D eigenvalue weighted by atomic mass is 16.1. The highest BCUT2D eigenvalue weighted by molar-refractivity contribution is 5.91. The van der Waals surface area contributed by atoms with E-state index in [2.05, 4.69) is 59.8 Å². The fourth-order valence-electron chi connectivity index (χ4n) is 7.47. The maximum atomic E-state index is 12.0. The van der Waals surface area contributed by atoms with E-state index in [0.717, 1.165) is 37.0 Å². The van der Waals surface area contributed by atoms with Gasteiger partial charge in [0, 0.05) is 6.42 Å². The average Bonchev–Trinajstić information content (AvgIpc) is 3.03. The van der Waals surface area contributed by atoms with Crippen molar-refractivity contribution >= 4 is 5.78 Å². The summed E-state index contributed by atoms with van der Waals surface area (Å²) < 4.78 is 0. The highest BCUT2D eigenvalue weighted by Crippen LogP contribution is 2.66. The fourth-order valence-corrected chi connectivity index (χ4v) is 7.47. The molecule has 0 aromatic carbocycles. The van der Waals surface area contributed by atoms with Crippen LogP contribution in [0.2, 0.25) is 0 Å². The fraction of sp³-hybridized carbons (Fsp3) is 0.750. The van der Waals surface area contributed by atoms with Crippen molar-refractivity contribution in [1.82, 2.24) is 0 Å². The molecule has 160 valence electrons. The third kappa shape index (κ3) is 3.41. The van der Waals surface area contributed by atoms with E-state index in [4.69, 9.17) is 0 Å². The first-order valence-corrected chi connectivity index (χ1v) is 12.3. The number of allylic oxidation sites excluding steroid dienone is 6. The van der Waals surface area contributed by atoms with Gasteiger partial charge in [-0.2, -0.15) is 0 Å². The predicted octanol–water partition coefficient (Wildman–Crippen LogP) is 7.54. The molecule has 0 heterocycles. The Bertz CT molecular complexity index is 752. The summed E-state index contributed by atoms with van der Waals surface area (Å²) in [5, 5.41) is 0. The lowest BCUT2D eigenvalue weighted by atomic mass is 9.50. The molecular formula is C28H42O. The summed E-state index contributed by atoms with van der Waals surface area (Å²) in [6.07, 6.45) is 17.9. The Labute approximate surface area is 179 Å². The van der Waals surface area contributed by atoms with Crippen molar-refractivity contribution in [1.29, 1.82) is 0 Å². The Hall–Kier alpha value is -1.11. The van der Waals surface area contributed by atoms with E-state index < -0.39 is 0 Å². The van der Waals surface area contributed by atoms with Gasteiger partial charge in [0.2, 0.25) is 0 Å². The number of ketones is 1. The van der Waals surface area contributed by atoms with Crippen LogP contribution in [0.5, 0.6) is 0 Å². The number of fused-ring (bicyclic) bond motifs is 5. The molecule has 7 atom stereocenters. The number of rotatable bonds is 4. The third-order valence-electron chi connectivity index (χ3n) is 9.88. The van der Waals surface area contributed by atoms with Gasteiger partial charge in [0.1, 0.15) is 0 Å².